The molecule has 2 aromatic heterocycles. The van der Waals surface area contributed by atoms with Gasteiger partial charge in [-0.05, 0) is 36.4 Å². The summed E-state index contributed by atoms with van der Waals surface area (Å²) >= 11 is 9.62. The molecule has 1 N–H and O–H groups in total. The maximum absolute atomic E-state index is 12.1. The van der Waals surface area contributed by atoms with Crippen molar-refractivity contribution in [2.45, 2.75) is 0 Å². The number of nitrogens with one attached hydrogen (secondary N) is 1. The largest absolute Gasteiger partial charge is 0.475 e. The lowest BCUT2D eigenvalue weighted by Crippen LogP contribution is -2.28. The molecule has 0 spiro atoms. The molecule has 0 atom stereocenters. The molecule has 0 bridgehead atoms. The predicted octanol–water partition coefficient (Wildman–Crippen LogP) is 4.02. The van der Waals surface area contributed by atoms with Crippen LogP contribution in [0.25, 0.3) is 17.0 Å². The Morgan fingerprint density at radius 2 is 1.97 bits per heavy atom. The Bertz CT molecular complexity index is 1180. The van der Waals surface area contributed by atoms with Crippen LogP contribution in [0, 0.1) is 0 Å². The van der Waals surface area contributed by atoms with Crippen LogP contribution in [0.5, 0.6) is 5.88 Å². The van der Waals surface area contributed by atoms with Crippen molar-refractivity contribution >= 4 is 39.1 Å². The fraction of sp³-hybridized carbons (Fsp3) is 0.100. The van der Waals surface area contributed by atoms with E-state index < -0.39 is 0 Å². The zero-order chi connectivity index (χ0) is 20.2. The molecular formula is C20H15BrClN5O2. The number of amides is 1. The maximum Gasteiger partial charge on any atom is 0.251 e. The second-order valence-electron chi connectivity index (χ2n) is 6.06. The van der Waals surface area contributed by atoms with E-state index in [9.17, 15) is 4.79 Å². The molecule has 4 aromatic rings. The number of rotatable bonds is 6. The van der Waals surface area contributed by atoms with Gasteiger partial charge in [-0.25, -0.2) is 0 Å². The second-order valence-corrected chi connectivity index (χ2v) is 7.38. The van der Waals surface area contributed by atoms with Crippen LogP contribution in [0.3, 0.4) is 0 Å². The van der Waals surface area contributed by atoms with Crippen molar-refractivity contribution in [3.05, 3.63) is 75.7 Å². The van der Waals surface area contributed by atoms with Crippen LogP contribution in [-0.4, -0.2) is 38.9 Å². The van der Waals surface area contributed by atoms with Gasteiger partial charge in [0.05, 0.1) is 11.6 Å². The standard InChI is InChI=1S/C20H15BrClN5O2/c21-14-5-3-4-13(12-14)20(28)23-10-11-29-18-9-8-17-24-25-19(27(17)26-18)15-6-1-2-7-16(15)22/h1-9,12H,10-11H2,(H,23,28). The van der Waals surface area contributed by atoms with Gasteiger partial charge in [0.2, 0.25) is 5.88 Å². The van der Waals surface area contributed by atoms with Crippen molar-refractivity contribution in [3.8, 4) is 17.3 Å². The molecule has 0 fully saturated rings. The maximum atomic E-state index is 12.1. The predicted molar refractivity (Wildman–Crippen MR) is 113 cm³/mol. The molecule has 9 heteroatoms. The van der Waals surface area contributed by atoms with Crippen molar-refractivity contribution in [2.24, 2.45) is 0 Å². The Hall–Kier alpha value is -2.97. The Morgan fingerprint density at radius 1 is 1.10 bits per heavy atom. The number of benzene rings is 2. The minimum Gasteiger partial charge on any atom is -0.475 e. The fourth-order valence-corrected chi connectivity index (χ4v) is 3.33. The summed E-state index contributed by atoms with van der Waals surface area (Å²) in [5.41, 5.74) is 1.88. The number of hydrogen-bond donors (Lipinski definition) is 1. The quantitative estimate of drug-likeness (QED) is 0.429. The Morgan fingerprint density at radius 3 is 2.79 bits per heavy atom. The number of fused-ring (bicyclic) bond motifs is 1. The molecule has 29 heavy (non-hydrogen) atoms. The first kappa shape index (κ1) is 19.4. The van der Waals surface area contributed by atoms with Gasteiger partial charge in [-0.1, -0.05) is 45.7 Å². The van der Waals surface area contributed by atoms with E-state index in [2.05, 4.69) is 36.5 Å². The van der Waals surface area contributed by atoms with Crippen LogP contribution in [-0.2, 0) is 0 Å². The summed E-state index contributed by atoms with van der Waals surface area (Å²) in [6.07, 6.45) is 0. The number of halogens is 2. The topological polar surface area (TPSA) is 81.4 Å². The van der Waals surface area contributed by atoms with Gasteiger partial charge in [-0.3, -0.25) is 4.79 Å². The average Bonchev–Trinajstić information content (AvgIpc) is 3.14. The zero-order valence-electron chi connectivity index (χ0n) is 15.0. The summed E-state index contributed by atoms with van der Waals surface area (Å²) in [6.45, 7) is 0.604. The van der Waals surface area contributed by atoms with Crippen LogP contribution in [0.15, 0.2) is 65.1 Å². The van der Waals surface area contributed by atoms with Crippen molar-refractivity contribution < 1.29 is 9.53 Å². The normalized spacial score (nSPS) is 10.8. The monoisotopic (exact) mass is 471 g/mol. The lowest BCUT2D eigenvalue weighted by molar-refractivity contribution is 0.0946. The van der Waals surface area contributed by atoms with Gasteiger partial charge in [-0.2, -0.15) is 4.52 Å². The summed E-state index contributed by atoms with van der Waals surface area (Å²) in [5.74, 6) is 0.749. The van der Waals surface area contributed by atoms with Crippen LogP contribution in [0.2, 0.25) is 5.02 Å². The van der Waals surface area contributed by atoms with E-state index in [4.69, 9.17) is 16.3 Å². The molecule has 2 heterocycles. The highest BCUT2D eigenvalue weighted by atomic mass is 79.9. The number of nitrogens with zero attached hydrogens (tertiary/aromatic N) is 4. The Balaban J connectivity index is 1.42. The lowest BCUT2D eigenvalue weighted by atomic mass is 10.2. The van der Waals surface area contributed by atoms with E-state index in [1.165, 1.54) is 0 Å². The summed E-state index contributed by atoms with van der Waals surface area (Å²) in [4.78, 5) is 12.1. The van der Waals surface area contributed by atoms with E-state index >= 15 is 0 Å². The van der Waals surface area contributed by atoms with Crippen LogP contribution in [0.1, 0.15) is 10.4 Å². The molecule has 2 aromatic carbocycles. The first-order valence-corrected chi connectivity index (χ1v) is 9.93. The molecule has 0 aliphatic rings. The molecular weight excluding hydrogens is 458 g/mol. The number of aromatic nitrogens is 4. The molecule has 0 unspecified atom stereocenters. The van der Waals surface area contributed by atoms with E-state index in [1.807, 2.05) is 30.3 Å². The van der Waals surface area contributed by atoms with E-state index in [-0.39, 0.29) is 12.5 Å². The van der Waals surface area contributed by atoms with E-state index in [1.54, 1.807) is 34.8 Å². The molecule has 4 rings (SSSR count). The minimum atomic E-state index is -0.168. The summed E-state index contributed by atoms with van der Waals surface area (Å²) in [7, 11) is 0. The molecule has 0 aliphatic carbocycles. The number of carbonyl (C=O) groups excluding carboxylic acids is 1. The highest BCUT2D eigenvalue weighted by Crippen LogP contribution is 2.26. The van der Waals surface area contributed by atoms with Gasteiger partial charge in [-0.15, -0.1) is 15.3 Å². The van der Waals surface area contributed by atoms with Crippen molar-refractivity contribution in [3.63, 3.8) is 0 Å². The number of carbonyl (C=O) groups is 1. The van der Waals surface area contributed by atoms with E-state index in [0.29, 0.717) is 34.5 Å². The molecule has 0 aliphatic heterocycles. The summed E-state index contributed by atoms with van der Waals surface area (Å²) in [5, 5.41) is 16.1. The zero-order valence-corrected chi connectivity index (χ0v) is 17.4. The van der Waals surface area contributed by atoms with Gasteiger partial charge < -0.3 is 10.1 Å². The number of ether oxygens (including phenoxy) is 1. The highest BCUT2D eigenvalue weighted by molar-refractivity contribution is 9.10. The van der Waals surface area contributed by atoms with Gasteiger partial charge >= 0.3 is 0 Å². The van der Waals surface area contributed by atoms with Gasteiger partial charge in [0, 0.05) is 21.7 Å². The summed E-state index contributed by atoms with van der Waals surface area (Å²) < 4.78 is 8.10. The SMILES string of the molecule is O=C(NCCOc1ccc2nnc(-c3ccccc3Cl)n2n1)c1cccc(Br)c1. The molecule has 7 nitrogen and oxygen atoms in total. The van der Waals surface area contributed by atoms with Crippen LogP contribution in [0.4, 0.5) is 0 Å². The van der Waals surface area contributed by atoms with Crippen molar-refractivity contribution in [2.75, 3.05) is 13.2 Å². The van der Waals surface area contributed by atoms with Crippen LogP contribution < -0.4 is 10.1 Å². The molecule has 0 saturated heterocycles. The first-order valence-electron chi connectivity index (χ1n) is 8.76. The van der Waals surface area contributed by atoms with Crippen LogP contribution >= 0.6 is 27.5 Å². The third-order valence-corrected chi connectivity index (χ3v) is 4.90. The first-order chi connectivity index (χ1) is 14.1. The van der Waals surface area contributed by atoms with Crippen molar-refractivity contribution in [1.29, 1.82) is 0 Å². The summed E-state index contributed by atoms with van der Waals surface area (Å²) in [6, 6.07) is 18.0. The molecule has 0 saturated carbocycles. The number of hydrogen-bond acceptors (Lipinski definition) is 5. The average molecular weight is 473 g/mol. The molecule has 0 radical (unpaired) electrons. The van der Waals surface area contributed by atoms with Crippen molar-refractivity contribution in [1.82, 2.24) is 25.1 Å². The Labute approximate surface area is 179 Å². The van der Waals surface area contributed by atoms with Gasteiger partial charge in [0.25, 0.3) is 5.91 Å². The van der Waals surface area contributed by atoms with Gasteiger partial charge in [0.1, 0.15) is 6.61 Å². The minimum absolute atomic E-state index is 0.168. The molecule has 1 amide bonds. The third kappa shape index (κ3) is 4.38. The van der Waals surface area contributed by atoms with Gasteiger partial charge in [0.15, 0.2) is 11.5 Å². The fourth-order valence-electron chi connectivity index (χ4n) is 2.71. The smallest absolute Gasteiger partial charge is 0.251 e. The van der Waals surface area contributed by atoms with E-state index in [0.717, 1.165) is 10.0 Å². The second kappa shape index (κ2) is 8.59. The molecule has 146 valence electrons. The third-order valence-electron chi connectivity index (χ3n) is 4.08. The Kier molecular flexibility index (Phi) is 5.73. The lowest BCUT2D eigenvalue weighted by Gasteiger charge is -2.08. The highest BCUT2D eigenvalue weighted by Gasteiger charge is 2.13.